The Morgan fingerprint density at radius 2 is 2.21 bits per heavy atom. The van der Waals surface area contributed by atoms with E-state index in [0.717, 1.165) is 11.3 Å². The molecule has 2 aromatic heterocycles. The Morgan fingerprint density at radius 3 is 2.86 bits per heavy atom. The molecule has 1 unspecified atom stereocenters. The molecule has 12 heteroatoms. The van der Waals surface area contributed by atoms with Gasteiger partial charge >= 0.3 is 11.0 Å². The fourth-order valence-electron chi connectivity index (χ4n) is 3.47. The lowest BCUT2D eigenvalue weighted by Gasteiger charge is -2.24. The molecule has 0 bridgehead atoms. The highest BCUT2D eigenvalue weighted by Crippen LogP contribution is 2.40. The number of aromatic amines is 1. The van der Waals surface area contributed by atoms with E-state index in [9.17, 15) is 19.5 Å². The molecule has 3 heterocycles. The van der Waals surface area contributed by atoms with Crippen molar-refractivity contribution in [1.29, 1.82) is 0 Å². The zero-order valence-electron chi connectivity index (χ0n) is 16.3. The average Bonchev–Trinajstić information content (AvgIpc) is 3.22. The number of ether oxygens (including phenoxy) is 3. The number of aromatic nitrogens is 3. The molecule has 0 saturated carbocycles. The first-order valence-corrected chi connectivity index (χ1v) is 10.2. The summed E-state index contributed by atoms with van der Waals surface area (Å²) in [7, 11) is 0. The fourth-order valence-corrected chi connectivity index (χ4v) is 4.31. The van der Waals surface area contributed by atoms with Crippen LogP contribution < -0.4 is 16.2 Å². The van der Waals surface area contributed by atoms with Crippen LogP contribution in [-0.2, 0) is 14.2 Å². The van der Waals surface area contributed by atoms with Crippen molar-refractivity contribution in [3.05, 3.63) is 20.0 Å². The maximum absolute atomic E-state index is 12.7. The van der Waals surface area contributed by atoms with Crippen LogP contribution in [0.25, 0.3) is 10.3 Å². The number of hydrogen-bond acceptors (Lipinski definition) is 10. The van der Waals surface area contributed by atoms with Crippen molar-refractivity contribution in [2.24, 2.45) is 5.92 Å². The van der Waals surface area contributed by atoms with Crippen LogP contribution in [0.1, 0.15) is 39.8 Å². The summed E-state index contributed by atoms with van der Waals surface area (Å²) < 4.78 is 17.5. The minimum Gasteiger partial charge on any atom is -0.435 e. The molecule has 0 amide bonds. The van der Waals surface area contributed by atoms with Gasteiger partial charge in [-0.3, -0.25) is 19.1 Å². The fraction of sp³-hybridized carbons (Fsp3) is 0.647. The number of thiazole rings is 1. The quantitative estimate of drug-likeness (QED) is 0.570. The molecule has 1 fully saturated rings. The first-order valence-electron chi connectivity index (χ1n) is 9.34. The number of aliphatic hydroxyl groups excluding tert-OH is 1. The number of nitrogens with two attached hydrogens (primary N) is 1. The van der Waals surface area contributed by atoms with Gasteiger partial charge in [0.25, 0.3) is 5.56 Å². The second-order valence-electron chi connectivity index (χ2n) is 6.79. The van der Waals surface area contributed by atoms with Crippen LogP contribution >= 0.6 is 11.3 Å². The van der Waals surface area contributed by atoms with Crippen LogP contribution in [0.5, 0.6) is 0 Å². The summed E-state index contributed by atoms with van der Waals surface area (Å²) in [4.78, 5) is 42.6. The van der Waals surface area contributed by atoms with Crippen molar-refractivity contribution < 1.29 is 24.1 Å². The van der Waals surface area contributed by atoms with Crippen molar-refractivity contribution in [3.63, 3.8) is 0 Å². The lowest BCUT2D eigenvalue weighted by molar-refractivity contribution is -0.0771. The third-order valence-corrected chi connectivity index (χ3v) is 5.87. The Kier molecular flexibility index (Phi) is 6.24. The first-order chi connectivity index (χ1) is 13.8. The molecule has 29 heavy (non-hydrogen) atoms. The predicted octanol–water partition coefficient (Wildman–Crippen LogP) is 0.965. The van der Waals surface area contributed by atoms with Crippen molar-refractivity contribution in [3.8, 4) is 0 Å². The highest BCUT2D eigenvalue weighted by atomic mass is 32.1. The normalized spacial score (nSPS) is 23.8. The minimum absolute atomic E-state index is 0.0891. The number of nitrogens with zero attached hydrogens (tertiary/aromatic N) is 2. The highest BCUT2D eigenvalue weighted by molar-refractivity contribution is 7.16. The van der Waals surface area contributed by atoms with Crippen molar-refractivity contribution in [2.75, 3.05) is 12.3 Å². The van der Waals surface area contributed by atoms with Crippen LogP contribution in [0.3, 0.4) is 0 Å². The third kappa shape index (κ3) is 4.14. The van der Waals surface area contributed by atoms with Crippen LogP contribution in [-0.4, -0.2) is 50.7 Å². The summed E-state index contributed by atoms with van der Waals surface area (Å²) >= 11 is 0.723. The molecule has 3 rings (SSSR count). The molecule has 4 N–H and O–H groups in total. The van der Waals surface area contributed by atoms with Gasteiger partial charge in [-0.05, 0) is 26.7 Å². The molecule has 0 spiro atoms. The van der Waals surface area contributed by atoms with Crippen molar-refractivity contribution in [2.45, 2.75) is 58.2 Å². The summed E-state index contributed by atoms with van der Waals surface area (Å²) in [5.41, 5.74) is 5.21. The van der Waals surface area contributed by atoms with Gasteiger partial charge in [0.2, 0.25) is 5.95 Å². The summed E-state index contributed by atoms with van der Waals surface area (Å²) in [5.74, 6) is -0.618. The molecule has 160 valence electrons. The maximum atomic E-state index is 12.7. The number of aliphatic hydroxyl groups is 1. The number of hydrogen-bond donors (Lipinski definition) is 3. The van der Waals surface area contributed by atoms with E-state index in [-0.39, 0.29) is 22.9 Å². The van der Waals surface area contributed by atoms with Crippen molar-refractivity contribution in [1.82, 2.24) is 14.5 Å². The smallest absolute Gasteiger partial charge is 0.435 e. The van der Waals surface area contributed by atoms with Gasteiger partial charge in [-0.2, -0.15) is 4.98 Å². The molecule has 1 aliphatic heterocycles. The van der Waals surface area contributed by atoms with Gasteiger partial charge in [0.05, 0.1) is 18.8 Å². The zero-order valence-corrected chi connectivity index (χ0v) is 17.1. The molecule has 0 aliphatic carbocycles. The Bertz CT molecular complexity index is 1000. The largest absolute Gasteiger partial charge is 0.508 e. The number of anilines is 1. The summed E-state index contributed by atoms with van der Waals surface area (Å²) in [6.45, 7) is 5.29. The molecular formula is C17H24N4O7S. The van der Waals surface area contributed by atoms with E-state index in [4.69, 9.17) is 19.9 Å². The Morgan fingerprint density at radius 1 is 1.48 bits per heavy atom. The number of carbonyl (C=O) groups is 1. The van der Waals surface area contributed by atoms with E-state index >= 15 is 0 Å². The van der Waals surface area contributed by atoms with Crippen molar-refractivity contribution >= 4 is 33.8 Å². The molecule has 0 radical (unpaired) electrons. The van der Waals surface area contributed by atoms with E-state index in [0.29, 0.717) is 12.8 Å². The van der Waals surface area contributed by atoms with Crippen LogP contribution in [0.2, 0.25) is 0 Å². The zero-order chi connectivity index (χ0) is 21.3. The predicted molar refractivity (Wildman–Crippen MR) is 105 cm³/mol. The number of fused-ring (bicyclic) bond motifs is 1. The van der Waals surface area contributed by atoms with E-state index in [2.05, 4.69) is 9.97 Å². The third-order valence-electron chi connectivity index (χ3n) is 4.93. The summed E-state index contributed by atoms with van der Waals surface area (Å²) in [5, 5.41) is 10.3. The number of nitrogen functional groups attached to an aromatic ring is 1. The molecule has 1 aliphatic rings. The van der Waals surface area contributed by atoms with Gasteiger partial charge in [0.1, 0.15) is 17.0 Å². The first kappa shape index (κ1) is 21.3. The molecule has 5 atom stereocenters. The molecule has 1 saturated heterocycles. The minimum atomic E-state index is -0.902. The van der Waals surface area contributed by atoms with Gasteiger partial charge < -0.3 is 25.1 Å². The van der Waals surface area contributed by atoms with E-state index in [1.54, 1.807) is 13.8 Å². The second kappa shape index (κ2) is 8.51. The molecule has 2 aromatic rings. The van der Waals surface area contributed by atoms with Gasteiger partial charge in [-0.25, -0.2) is 4.79 Å². The Labute approximate surface area is 169 Å². The molecule has 0 aromatic carbocycles. The number of nitrogens with one attached hydrogen (secondary N) is 1. The van der Waals surface area contributed by atoms with Crippen LogP contribution in [0, 0.1) is 5.92 Å². The van der Waals surface area contributed by atoms with Crippen LogP contribution in [0.4, 0.5) is 10.7 Å². The van der Waals surface area contributed by atoms with E-state index in [1.165, 1.54) is 4.57 Å². The number of rotatable bonds is 6. The topological polar surface area (TPSA) is 159 Å². The molecular weight excluding hydrogens is 404 g/mol. The van der Waals surface area contributed by atoms with Gasteiger partial charge in [-0.15, -0.1) is 0 Å². The second-order valence-corrected chi connectivity index (χ2v) is 7.75. The SMILES string of the molecule is CCOC(=O)O[C@H](C)[C@@H]1CC([C@@H](O)CC)O[C@H]1n1c(=O)sc2c(=O)[nH]c(N)nc21. The Balaban J connectivity index is 2.03. The van der Waals surface area contributed by atoms with Gasteiger partial charge in [0, 0.05) is 5.92 Å². The van der Waals surface area contributed by atoms with Crippen LogP contribution in [0.15, 0.2) is 9.59 Å². The lowest BCUT2D eigenvalue weighted by Crippen LogP contribution is -2.32. The standard InChI is InChI=1S/C17H24N4O7S/c1-4-9(22)10-6-8(7(3)27-17(25)26-5-2)14(28-10)21-12-11(29-16(21)24)13(23)20-15(18)19-12/h7-10,14,22H,4-6H2,1-3H3,(H3,18,19,20,23)/t7-,8+,9+,10?,14-/m1/s1. The maximum Gasteiger partial charge on any atom is 0.508 e. The number of carbonyl (C=O) groups excluding carboxylic acids is 1. The summed E-state index contributed by atoms with van der Waals surface area (Å²) in [6.07, 6.45) is -2.98. The number of H-pyrrole nitrogens is 1. The van der Waals surface area contributed by atoms with Gasteiger partial charge in [-0.1, -0.05) is 18.3 Å². The molecule has 11 nitrogen and oxygen atoms in total. The lowest BCUT2D eigenvalue weighted by atomic mass is 9.95. The monoisotopic (exact) mass is 428 g/mol. The van der Waals surface area contributed by atoms with E-state index in [1.807, 2.05) is 6.92 Å². The summed E-state index contributed by atoms with van der Waals surface area (Å²) in [6, 6.07) is 0. The Hall–Kier alpha value is -2.44. The highest BCUT2D eigenvalue weighted by Gasteiger charge is 2.45. The van der Waals surface area contributed by atoms with E-state index < -0.39 is 47.0 Å². The average molecular weight is 428 g/mol. The van der Waals surface area contributed by atoms with Gasteiger partial charge in [0.15, 0.2) is 5.65 Å².